The summed E-state index contributed by atoms with van der Waals surface area (Å²) in [5.41, 5.74) is -3.85. The van der Waals surface area contributed by atoms with Gasteiger partial charge in [0.2, 0.25) is 0 Å². The van der Waals surface area contributed by atoms with Gasteiger partial charge in [-0.25, -0.2) is 13.8 Å². The highest BCUT2D eigenvalue weighted by atomic mass is 31.2. The molecule has 0 bridgehead atoms. The Morgan fingerprint density at radius 3 is 2.75 bits per heavy atom. The van der Waals surface area contributed by atoms with Crippen molar-refractivity contribution in [2.75, 3.05) is 13.2 Å². The summed E-state index contributed by atoms with van der Waals surface area (Å²) in [6.45, 7) is 4.99. The van der Waals surface area contributed by atoms with Crippen molar-refractivity contribution in [2.24, 2.45) is 5.92 Å². The molecule has 0 radical (unpaired) electrons. The van der Waals surface area contributed by atoms with E-state index in [1.54, 1.807) is 20.8 Å². The summed E-state index contributed by atoms with van der Waals surface area (Å²) in [5.74, 6) is -3.78. The molecule has 180 valence electrons. The topological polar surface area (TPSA) is 155 Å². The van der Waals surface area contributed by atoms with E-state index in [1.165, 1.54) is 0 Å². The number of nitrogens with one attached hydrogen (secondary N) is 1. The predicted molar refractivity (Wildman–Crippen MR) is 105 cm³/mol. The van der Waals surface area contributed by atoms with Crippen molar-refractivity contribution >= 4 is 13.8 Å². The van der Waals surface area contributed by atoms with Gasteiger partial charge in [-0.3, -0.25) is 32.7 Å². The first-order valence-electron chi connectivity index (χ1n) is 9.96. The number of aliphatic hydroxyl groups is 1. The van der Waals surface area contributed by atoms with Crippen molar-refractivity contribution in [3.63, 3.8) is 0 Å². The molecule has 2 fully saturated rings. The number of halogens is 1. The Labute approximate surface area is 182 Å². The minimum absolute atomic E-state index is 0.121. The molecule has 0 amide bonds. The number of rotatable bonds is 7. The van der Waals surface area contributed by atoms with Crippen LogP contribution in [0, 0.1) is 5.92 Å². The lowest BCUT2D eigenvalue weighted by atomic mass is 9.95. The van der Waals surface area contributed by atoms with E-state index in [0.717, 1.165) is 23.8 Å². The predicted octanol–water partition coefficient (Wildman–Crippen LogP) is 1.00. The molecule has 0 aliphatic carbocycles. The number of aromatic amines is 1. The van der Waals surface area contributed by atoms with E-state index in [4.69, 9.17) is 23.0 Å². The van der Waals surface area contributed by atoms with E-state index in [2.05, 4.69) is 0 Å². The number of alkyl halides is 1. The van der Waals surface area contributed by atoms with E-state index in [0.29, 0.717) is 0 Å². The van der Waals surface area contributed by atoms with Gasteiger partial charge in [0.25, 0.3) is 11.4 Å². The number of fused-ring (bicyclic) bond motifs is 1. The lowest BCUT2D eigenvalue weighted by molar-refractivity contribution is -0.220. The number of ether oxygens (including phenoxy) is 2. The second-order valence-electron chi connectivity index (χ2n) is 8.21. The maximum absolute atomic E-state index is 15.4. The van der Waals surface area contributed by atoms with Crippen molar-refractivity contribution in [3.05, 3.63) is 33.1 Å². The van der Waals surface area contributed by atoms with Crippen molar-refractivity contribution in [1.29, 1.82) is 0 Å². The van der Waals surface area contributed by atoms with Crippen LogP contribution in [0.15, 0.2) is 21.9 Å². The number of H-pyrrole nitrogens is 1. The number of hydrogen-bond donors (Lipinski definition) is 2. The Kier molecular flexibility index (Phi) is 6.81. The lowest BCUT2D eigenvalue weighted by Gasteiger charge is -2.37. The molecule has 3 rings (SSSR count). The van der Waals surface area contributed by atoms with Gasteiger partial charge in [0, 0.05) is 12.3 Å². The van der Waals surface area contributed by atoms with Crippen molar-refractivity contribution in [2.45, 2.75) is 64.0 Å². The summed E-state index contributed by atoms with van der Waals surface area (Å²) >= 11 is 0. The number of phosphoric ester groups is 1. The fraction of sp³-hybridized carbons (Fsp3) is 0.722. The van der Waals surface area contributed by atoms with E-state index in [1.807, 2.05) is 4.98 Å². The zero-order valence-electron chi connectivity index (χ0n) is 18.0. The molecule has 0 saturated carbocycles. The molecule has 1 aromatic rings. The van der Waals surface area contributed by atoms with E-state index >= 15 is 4.39 Å². The van der Waals surface area contributed by atoms with Gasteiger partial charge >= 0.3 is 19.5 Å². The average Bonchev–Trinajstić information content (AvgIpc) is 2.88. The summed E-state index contributed by atoms with van der Waals surface area (Å²) < 4.78 is 54.6. The van der Waals surface area contributed by atoms with E-state index in [-0.39, 0.29) is 19.1 Å². The zero-order valence-corrected chi connectivity index (χ0v) is 18.9. The molecule has 3 heterocycles. The van der Waals surface area contributed by atoms with Crippen LogP contribution in [0.1, 0.15) is 40.3 Å². The Morgan fingerprint density at radius 2 is 2.12 bits per heavy atom. The van der Waals surface area contributed by atoms with Crippen LogP contribution in [0.25, 0.3) is 0 Å². The van der Waals surface area contributed by atoms with Crippen molar-refractivity contribution in [3.8, 4) is 0 Å². The third-order valence-corrected chi connectivity index (χ3v) is 6.46. The SMILES string of the molecule is CC(C)OC(=O)[C@H](C)CCO[P@]1(=O)OC[C@@]2(F)O[C@@H](n3ccc(=O)[nH]c3=O)[C@](C)(O)[C@@H]2O1. The summed E-state index contributed by atoms with van der Waals surface area (Å²) in [4.78, 5) is 37.2. The summed E-state index contributed by atoms with van der Waals surface area (Å²) in [5, 5.41) is 10.9. The Hall–Kier alpha value is -1.89. The first kappa shape index (κ1) is 24.7. The van der Waals surface area contributed by atoms with E-state index < -0.39 is 61.4 Å². The Balaban J connectivity index is 1.71. The third-order valence-electron chi connectivity index (χ3n) is 5.04. The van der Waals surface area contributed by atoms with Crippen LogP contribution in [-0.4, -0.2) is 57.5 Å². The van der Waals surface area contributed by atoms with Crippen LogP contribution in [-0.2, 0) is 32.4 Å². The fourth-order valence-electron chi connectivity index (χ4n) is 3.38. The van der Waals surface area contributed by atoms with Crippen LogP contribution in [0.5, 0.6) is 0 Å². The molecule has 2 N–H and O–H groups in total. The summed E-state index contributed by atoms with van der Waals surface area (Å²) in [7, 11) is -4.34. The number of esters is 1. The molecule has 2 aliphatic rings. The Bertz CT molecular complexity index is 1020. The van der Waals surface area contributed by atoms with Crippen molar-refractivity contribution < 1.29 is 41.9 Å². The van der Waals surface area contributed by atoms with Crippen LogP contribution < -0.4 is 11.2 Å². The molecule has 2 aliphatic heterocycles. The highest BCUT2D eigenvalue weighted by molar-refractivity contribution is 7.48. The molecule has 0 aromatic carbocycles. The second kappa shape index (κ2) is 8.81. The first-order chi connectivity index (χ1) is 14.8. The number of hydrogen-bond acceptors (Lipinski definition) is 10. The number of nitrogens with zero attached hydrogens (tertiary/aromatic N) is 1. The summed E-state index contributed by atoms with van der Waals surface area (Å²) in [6, 6.07) is 0.991. The van der Waals surface area contributed by atoms with Crippen LogP contribution in [0.3, 0.4) is 0 Å². The zero-order chi connectivity index (χ0) is 23.9. The van der Waals surface area contributed by atoms with Gasteiger partial charge in [0.05, 0.1) is 18.6 Å². The molecular formula is C18H26FN2O10P. The number of carbonyl (C=O) groups excluding carboxylic acids is 1. The van der Waals surface area contributed by atoms with Gasteiger partial charge in [0.15, 0.2) is 12.3 Å². The molecule has 6 atom stereocenters. The normalized spacial score (nSPS) is 35.5. The van der Waals surface area contributed by atoms with Gasteiger partial charge in [-0.15, -0.1) is 0 Å². The largest absolute Gasteiger partial charge is 0.475 e. The molecule has 0 unspecified atom stereocenters. The molecule has 14 heteroatoms. The quantitative estimate of drug-likeness (QED) is 0.426. The standard InChI is InChI=1S/C18H26FN2O10P/c1-10(2)29-13(23)11(3)6-8-27-32(26)28-9-18(19)14(31-32)17(4,25)15(30-18)21-7-5-12(22)20-16(21)24/h5,7,10-11,14-15,25H,6,8-9H2,1-4H3,(H,20,22,24)/t11-,14+,15-,17-,18-,32-/m1/s1. The third kappa shape index (κ3) is 4.87. The first-order valence-corrected chi connectivity index (χ1v) is 11.4. The molecule has 0 spiro atoms. The average molecular weight is 480 g/mol. The van der Waals surface area contributed by atoms with Crippen LogP contribution >= 0.6 is 7.82 Å². The van der Waals surface area contributed by atoms with Gasteiger partial charge in [-0.1, -0.05) is 6.92 Å². The monoisotopic (exact) mass is 480 g/mol. The molecule has 1 aromatic heterocycles. The van der Waals surface area contributed by atoms with Gasteiger partial charge in [-0.2, -0.15) is 0 Å². The minimum atomic E-state index is -4.34. The smallest absolute Gasteiger partial charge is 0.463 e. The maximum atomic E-state index is 15.4. The molecule has 32 heavy (non-hydrogen) atoms. The van der Waals surface area contributed by atoms with Gasteiger partial charge < -0.3 is 14.6 Å². The highest BCUT2D eigenvalue weighted by Gasteiger charge is 2.69. The Morgan fingerprint density at radius 1 is 1.44 bits per heavy atom. The fourth-order valence-corrected chi connectivity index (χ4v) is 4.87. The maximum Gasteiger partial charge on any atom is 0.475 e. The second-order valence-corrected chi connectivity index (χ2v) is 9.84. The minimum Gasteiger partial charge on any atom is -0.463 e. The van der Waals surface area contributed by atoms with Gasteiger partial charge in [0.1, 0.15) is 12.2 Å². The lowest BCUT2D eigenvalue weighted by Crippen LogP contribution is -2.53. The molecule has 2 saturated heterocycles. The number of phosphoric acid groups is 1. The molecule has 12 nitrogen and oxygen atoms in total. The molecular weight excluding hydrogens is 454 g/mol. The summed E-state index contributed by atoms with van der Waals surface area (Å²) in [6.07, 6.45) is -2.62. The van der Waals surface area contributed by atoms with Crippen LogP contribution in [0.2, 0.25) is 0 Å². The van der Waals surface area contributed by atoms with Gasteiger partial charge in [-0.05, 0) is 27.2 Å². The van der Waals surface area contributed by atoms with Crippen molar-refractivity contribution in [1.82, 2.24) is 9.55 Å². The van der Waals surface area contributed by atoms with E-state index in [9.17, 15) is 24.1 Å². The highest BCUT2D eigenvalue weighted by Crippen LogP contribution is 2.62. The van der Waals surface area contributed by atoms with Crippen LogP contribution in [0.4, 0.5) is 4.39 Å². The number of carbonyl (C=O) groups is 1. The number of aromatic nitrogens is 2.